The maximum absolute atomic E-state index is 12.5. The van der Waals surface area contributed by atoms with Crippen molar-refractivity contribution in [2.45, 2.75) is 32.9 Å². The normalized spacial score (nSPS) is 21.6. The van der Waals surface area contributed by atoms with E-state index in [4.69, 9.17) is 0 Å². The lowest BCUT2D eigenvalue weighted by atomic mass is 10.1. The van der Waals surface area contributed by atoms with E-state index in [2.05, 4.69) is 5.32 Å². The van der Waals surface area contributed by atoms with Gasteiger partial charge in [-0.25, -0.2) is 0 Å². The summed E-state index contributed by atoms with van der Waals surface area (Å²) in [6, 6.07) is 4.91. The molecule has 0 aromatic heterocycles. The Balaban J connectivity index is 0.00000220. The van der Waals surface area contributed by atoms with Gasteiger partial charge in [-0.05, 0) is 32.9 Å². The van der Waals surface area contributed by atoms with Crippen LogP contribution in [0.25, 0.3) is 0 Å². The number of nitro benzene ring substituents is 1. The standard InChI is InChI=1S/C14H19N3O3.ClH/c1-9-6-12(4-5-13(9)17(19)20)14(18)16-8-10(2)15-7-11(16)3;/h4-6,10-11,15H,7-8H2,1-3H3;1H. The van der Waals surface area contributed by atoms with Gasteiger partial charge in [0.2, 0.25) is 0 Å². The summed E-state index contributed by atoms with van der Waals surface area (Å²) in [7, 11) is 0. The van der Waals surface area contributed by atoms with Crippen LogP contribution in [0.15, 0.2) is 18.2 Å². The van der Waals surface area contributed by atoms with E-state index in [1.165, 1.54) is 12.1 Å². The number of hydrogen-bond acceptors (Lipinski definition) is 4. The van der Waals surface area contributed by atoms with Crippen LogP contribution in [0.1, 0.15) is 29.8 Å². The van der Waals surface area contributed by atoms with E-state index in [9.17, 15) is 14.9 Å². The zero-order chi connectivity index (χ0) is 14.9. The van der Waals surface area contributed by atoms with Crippen molar-refractivity contribution in [3.8, 4) is 0 Å². The van der Waals surface area contributed by atoms with Gasteiger partial charge in [0.25, 0.3) is 11.6 Å². The number of amides is 1. The summed E-state index contributed by atoms with van der Waals surface area (Å²) in [5.74, 6) is -0.0659. The van der Waals surface area contributed by atoms with Crippen LogP contribution in [0.3, 0.4) is 0 Å². The zero-order valence-corrected chi connectivity index (χ0v) is 13.1. The molecule has 0 aliphatic carbocycles. The molecule has 21 heavy (non-hydrogen) atoms. The second kappa shape index (κ2) is 6.87. The molecule has 0 bridgehead atoms. The van der Waals surface area contributed by atoms with Gasteiger partial charge in [-0.2, -0.15) is 0 Å². The quantitative estimate of drug-likeness (QED) is 0.670. The Bertz CT molecular complexity index is 550. The number of nitrogens with zero attached hydrogens (tertiary/aromatic N) is 2. The molecule has 2 atom stereocenters. The topological polar surface area (TPSA) is 75.5 Å². The van der Waals surface area contributed by atoms with Crippen LogP contribution in [0.2, 0.25) is 0 Å². The van der Waals surface area contributed by atoms with Gasteiger partial charge < -0.3 is 10.2 Å². The summed E-state index contributed by atoms with van der Waals surface area (Å²) in [6.07, 6.45) is 0. The van der Waals surface area contributed by atoms with E-state index < -0.39 is 4.92 Å². The Hall–Kier alpha value is -1.66. The molecule has 2 rings (SSSR count). The predicted molar refractivity (Wildman–Crippen MR) is 83.0 cm³/mol. The third-order valence-electron chi connectivity index (χ3n) is 3.67. The number of carbonyl (C=O) groups excluding carboxylic acids is 1. The number of nitrogens with one attached hydrogen (secondary N) is 1. The first kappa shape index (κ1) is 17.4. The molecule has 1 aliphatic rings. The number of rotatable bonds is 2. The van der Waals surface area contributed by atoms with Gasteiger partial charge in [0.15, 0.2) is 0 Å². The molecule has 0 radical (unpaired) electrons. The first-order valence-electron chi connectivity index (χ1n) is 6.69. The van der Waals surface area contributed by atoms with E-state index in [1.807, 2.05) is 18.7 Å². The maximum atomic E-state index is 12.5. The van der Waals surface area contributed by atoms with E-state index >= 15 is 0 Å². The van der Waals surface area contributed by atoms with Gasteiger partial charge in [-0.1, -0.05) is 0 Å². The van der Waals surface area contributed by atoms with Crippen molar-refractivity contribution in [1.82, 2.24) is 10.2 Å². The Kier molecular flexibility index (Phi) is 5.69. The van der Waals surface area contributed by atoms with Crippen molar-refractivity contribution in [2.24, 2.45) is 0 Å². The fraction of sp³-hybridized carbons (Fsp3) is 0.500. The summed E-state index contributed by atoms with van der Waals surface area (Å²) in [5.41, 5.74) is 1.06. The number of nitro groups is 1. The second-order valence-electron chi connectivity index (χ2n) is 5.37. The molecule has 1 fully saturated rings. The highest BCUT2D eigenvalue weighted by molar-refractivity contribution is 5.95. The minimum absolute atomic E-state index is 0. The van der Waals surface area contributed by atoms with Crippen LogP contribution < -0.4 is 5.32 Å². The summed E-state index contributed by atoms with van der Waals surface area (Å²) in [5, 5.41) is 14.1. The average Bonchev–Trinajstić information content (AvgIpc) is 2.40. The predicted octanol–water partition coefficient (Wildman–Crippen LogP) is 2.15. The number of halogens is 1. The lowest BCUT2D eigenvalue weighted by Gasteiger charge is -2.37. The molecule has 116 valence electrons. The van der Waals surface area contributed by atoms with Gasteiger partial charge in [0.1, 0.15) is 0 Å². The van der Waals surface area contributed by atoms with Crippen LogP contribution in [0.4, 0.5) is 5.69 Å². The molecule has 1 aromatic carbocycles. The van der Waals surface area contributed by atoms with Gasteiger partial charge in [0, 0.05) is 42.4 Å². The van der Waals surface area contributed by atoms with Crippen LogP contribution in [0.5, 0.6) is 0 Å². The average molecular weight is 314 g/mol. The Morgan fingerprint density at radius 1 is 1.43 bits per heavy atom. The van der Waals surface area contributed by atoms with Crippen molar-refractivity contribution < 1.29 is 9.72 Å². The zero-order valence-electron chi connectivity index (χ0n) is 12.3. The lowest BCUT2D eigenvalue weighted by molar-refractivity contribution is -0.385. The van der Waals surface area contributed by atoms with E-state index in [0.29, 0.717) is 17.7 Å². The van der Waals surface area contributed by atoms with E-state index in [1.54, 1.807) is 13.0 Å². The highest BCUT2D eigenvalue weighted by Gasteiger charge is 2.27. The molecule has 1 amide bonds. The largest absolute Gasteiger partial charge is 0.333 e. The van der Waals surface area contributed by atoms with Crippen molar-refractivity contribution in [3.63, 3.8) is 0 Å². The highest BCUT2D eigenvalue weighted by Crippen LogP contribution is 2.21. The van der Waals surface area contributed by atoms with Gasteiger partial charge >= 0.3 is 0 Å². The minimum Gasteiger partial charge on any atom is -0.333 e. The summed E-state index contributed by atoms with van der Waals surface area (Å²) in [6.45, 7) is 7.09. The van der Waals surface area contributed by atoms with Crippen molar-refractivity contribution >= 4 is 24.0 Å². The van der Waals surface area contributed by atoms with Gasteiger partial charge in [0.05, 0.1) is 4.92 Å². The first-order valence-corrected chi connectivity index (χ1v) is 6.69. The molecule has 1 N–H and O–H groups in total. The number of hydrogen-bond donors (Lipinski definition) is 1. The minimum atomic E-state index is -0.431. The van der Waals surface area contributed by atoms with E-state index in [0.717, 1.165) is 6.54 Å². The molecule has 0 spiro atoms. The number of carbonyl (C=O) groups is 1. The van der Waals surface area contributed by atoms with E-state index in [-0.39, 0.29) is 36.1 Å². The van der Waals surface area contributed by atoms with Gasteiger partial charge in [-0.3, -0.25) is 14.9 Å². The summed E-state index contributed by atoms with van der Waals surface area (Å²) < 4.78 is 0. The SMILES string of the molecule is Cc1cc(C(=O)N2CC(C)NCC2C)ccc1[N+](=O)[O-].Cl. The van der Waals surface area contributed by atoms with Crippen molar-refractivity contribution in [3.05, 3.63) is 39.4 Å². The smallest absolute Gasteiger partial charge is 0.272 e. The second-order valence-corrected chi connectivity index (χ2v) is 5.37. The van der Waals surface area contributed by atoms with Crippen LogP contribution in [-0.2, 0) is 0 Å². The van der Waals surface area contributed by atoms with Crippen molar-refractivity contribution in [2.75, 3.05) is 13.1 Å². The fourth-order valence-corrected chi connectivity index (χ4v) is 2.46. The monoisotopic (exact) mass is 313 g/mol. The Labute approximate surface area is 130 Å². The lowest BCUT2D eigenvalue weighted by Crippen LogP contribution is -2.56. The Morgan fingerprint density at radius 2 is 2.10 bits per heavy atom. The van der Waals surface area contributed by atoms with Crippen LogP contribution in [0, 0.1) is 17.0 Å². The molecule has 0 saturated carbocycles. The molecule has 1 aromatic rings. The number of piperazine rings is 1. The molecular weight excluding hydrogens is 294 g/mol. The molecule has 1 heterocycles. The van der Waals surface area contributed by atoms with Crippen molar-refractivity contribution in [1.29, 1.82) is 0 Å². The van der Waals surface area contributed by atoms with Crippen LogP contribution in [-0.4, -0.2) is 40.9 Å². The summed E-state index contributed by atoms with van der Waals surface area (Å²) >= 11 is 0. The third-order valence-corrected chi connectivity index (χ3v) is 3.67. The molecule has 2 unspecified atom stereocenters. The molecule has 1 aliphatic heterocycles. The third kappa shape index (κ3) is 3.71. The molecule has 6 nitrogen and oxygen atoms in total. The van der Waals surface area contributed by atoms with Crippen LogP contribution >= 0.6 is 12.4 Å². The van der Waals surface area contributed by atoms with Gasteiger partial charge in [-0.15, -0.1) is 12.4 Å². The Morgan fingerprint density at radius 3 is 2.67 bits per heavy atom. The molecular formula is C14H20ClN3O3. The summed E-state index contributed by atoms with van der Waals surface area (Å²) in [4.78, 5) is 24.7. The number of aryl methyl sites for hydroxylation is 1. The fourth-order valence-electron chi connectivity index (χ4n) is 2.46. The molecule has 1 saturated heterocycles. The highest BCUT2D eigenvalue weighted by atomic mass is 35.5. The first-order chi connectivity index (χ1) is 9.40. The number of benzene rings is 1. The maximum Gasteiger partial charge on any atom is 0.272 e. The molecule has 7 heteroatoms.